The Balaban J connectivity index is 2.12. The van der Waals surface area contributed by atoms with Crippen LogP contribution in [0.2, 0.25) is 0 Å². The number of carbonyl (C=O) groups is 1. The Labute approximate surface area is 149 Å². The number of quaternary nitrogens is 1. The summed E-state index contributed by atoms with van der Waals surface area (Å²) in [5, 5.41) is 3.07. The molecule has 1 atom stereocenters. The van der Waals surface area contributed by atoms with E-state index in [1.807, 2.05) is 44.4 Å². The van der Waals surface area contributed by atoms with Gasteiger partial charge in [-0.15, -0.1) is 0 Å². The molecule has 134 valence electrons. The van der Waals surface area contributed by atoms with Gasteiger partial charge >= 0.3 is 0 Å². The van der Waals surface area contributed by atoms with Crippen LogP contribution < -0.4 is 10.2 Å². The topological polar surface area (TPSA) is 67.7 Å². The number of hydrogen-bond acceptors (Lipinski definition) is 3. The van der Waals surface area contributed by atoms with Gasteiger partial charge in [-0.25, -0.2) is 8.42 Å². The normalized spacial score (nSPS) is 12.8. The van der Waals surface area contributed by atoms with Gasteiger partial charge in [0.2, 0.25) is 0 Å². The second-order valence-corrected chi connectivity index (χ2v) is 8.76. The van der Waals surface area contributed by atoms with Crippen LogP contribution in [-0.4, -0.2) is 41.2 Å². The zero-order chi connectivity index (χ0) is 18.4. The zero-order valence-corrected chi connectivity index (χ0v) is 15.6. The van der Waals surface area contributed by atoms with E-state index in [-0.39, 0.29) is 17.7 Å². The van der Waals surface area contributed by atoms with E-state index in [1.54, 1.807) is 24.3 Å². The molecule has 2 rings (SSSR count). The fourth-order valence-corrected chi connectivity index (χ4v) is 3.44. The van der Waals surface area contributed by atoms with E-state index in [9.17, 15) is 13.2 Å². The van der Waals surface area contributed by atoms with E-state index in [1.165, 1.54) is 11.2 Å². The third-order valence-corrected chi connectivity index (χ3v) is 4.62. The molecule has 5 nitrogen and oxygen atoms in total. The van der Waals surface area contributed by atoms with Gasteiger partial charge in [-0.2, -0.15) is 0 Å². The fraction of sp³-hybridized carbons (Fsp3) is 0.316. The Hall–Kier alpha value is -2.18. The first-order valence-electron chi connectivity index (χ1n) is 8.16. The first kappa shape index (κ1) is 19.1. The van der Waals surface area contributed by atoms with Gasteiger partial charge in [-0.1, -0.05) is 42.5 Å². The van der Waals surface area contributed by atoms with E-state index in [0.717, 1.165) is 12.1 Å². The predicted octanol–water partition coefficient (Wildman–Crippen LogP) is 0.847. The highest BCUT2D eigenvalue weighted by Gasteiger charge is 2.18. The molecule has 0 aliphatic carbocycles. The van der Waals surface area contributed by atoms with Gasteiger partial charge in [0, 0.05) is 11.8 Å². The molecule has 1 amide bonds. The molecule has 0 saturated carbocycles. The van der Waals surface area contributed by atoms with Crippen molar-refractivity contribution in [1.82, 2.24) is 5.32 Å². The van der Waals surface area contributed by atoms with Gasteiger partial charge in [0.25, 0.3) is 5.91 Å². The van der Waals surface area contributed by atoms with E-state index >= 15 is 0 Å². The lowest BCUT2D eigenvalue weighted by atomic mass is 10.1. The Kier molecular flexibility index (Phi) is 6.33. The second kappa shape index (κ2) is 8.27. The van der Waals surface area contributed by atoms with Crippen molar-refractivity contribution in [3.05, 3.63) is 71.3 Å². The standard InChI is InChI=1S/C19H24N2O3S/c1-21(2)13-18(16-7-5-4-6-8-16)20-19(22)17-11-9-15(10-12-17)14-25(3,23)24/h4-12,18H,13-14H2,1-3H3,(H,20,22)/p+1/t18-/m0/s1. The molecule has 2 aromatic rings. The van der Waals surface area contributed by atoms with Gasteiger partial charge in [0.1, 0.15) is 12.6 Å². The number of nitrogens with one attached hydrogen (secondary N) is 2. The summed E-state index contributed by atoms with van der Waals surface area (Å²) in [6, 6.07) is 16.5. The van der Waals surface area contributed by atoms with Crippen molar-refractivity contribution < 1.29 is 18.1 Å². The quantitative estimate of drug-likeness (QED) is 0.768. The van der Waals surface area contributed by atoms with Gasteiger partial charge in [-0.3, -0.25) is 4.79 Å². The molecule has 0 radical (unpaired) electrons. The lowest BCUT2D eigenvalue weighted by molar-refractivity contribution is -0.860. The SMILES string of the molecule is C[NH+](C)C[C@H](NC(=O)c1ccc(CS(C)(=O)=O)cc1)c1ccccc1. The average molecular weight is 361 g/mol. The van der Waals surface area contributed by atoms with Crippen LogP contribution in [0.5, 0.6) is 0 Å². The molecule has 0 saturated heterocycles. The van der Waals surface area contributed by atoms with Crippen molar-refractivity contribution in [2.24, 2.45) is 0 Å². The van der Waals surface area contributed by atoms with Gasteiger partial charge < -0.3 is 10.2 Å². The van der Waals surface area contributed by atoms with Crippen LogP contribution in [0.4, 0.5) is 0 Å². The lowest BCUT2D eigenvalue weighted by Crippen LogP contribution is -3.06. The second-order valence-electron chi connectivity index (χ2n) is 6.61. The molecule has 0 aliphatic heterocycles. The van der Waals surface area contributed by atoms with E-state index in [4.69, 9.17) is 0 Å². The average Bonchev–Trinajstić information content (AvgIpc) is 2.54. The number of rotatable bonds is 7. The Morgan fingerprint density at radius 3 is 2.16 bits per heavy atom. The Morgan fingerprint density at radius 2 is 1.64 bits per heavy atom. The van der Waals surface area contributed by atoms with Crippen molar-refractivity contribution in [3.63, 3.8) is 0 Å². The Bertz CT molecular complexity index is 800. The molecule has 6 heteroatoms. The van der Waals surface area contributed by atoms with Gasteiger partial charge in [-0.05, 0) is 23.3 Å². The molecule has 0 unspecified atom stereocenters. The maximum Gasteiger partial charge on any atom is 0.251 e. The summed E-state index contributed by atoms with van der Waals surface area (Å²) >= 11 is 0. The molecule has 0 bridgehead atoms. The predicted molar refractivity (Wildman–Crippen MR) is 99.3 cm³/mol. The van der Waals surface area contributed by atoms with Crippen molar-refractivity contribution in [3.8, 4) is 0 Å². The van der Waals surface area contributed by atoms with Crippen LogP contribution in [-0.2, 0) is 15.6 Å². The first-order chi connectivity index (χ1) is 11.7. The van der Waals surface area contributed by atoms with E-state index in [0.29, 0.717) is 11.1 Å². The lowest BCUT2D eigenvalue weighted by Gasteiger charge is -2.21. The zero-order valence-electron chi connectivity index (χ0n) is 14.8. The summed E-state index contributed by atoms with van der Waals surface area (Å²) < 4.78 is 22.7. The minimum absolute atomic E-state index is 0.0223. The molecule has 0 heterocycles. The third-order valence-electron chi connectivity index (χ3n) is 3.76. The smallest absolute Gasteiger partial charge is 0.251 e. The van der Waals surface area contributed by atoms with Crippen molar-refractivity contribution in [1.29, 1.82) is 0 Å². The van der Waals surface area contributed by atoms with Crippen molar-refractivity contribution >= 4 is 15.7 Å². The summed E-state index contributed by atoms with van der Waals surface area (Å²) in [5.41, 5.74) is 2.26. The molecule has 0 aromatic heterocycles. The maximum atomic E-state index is 12.6. The Morgan fingerprint density at radius 1 is 1.04 bits per heavy atom. The van der Waals surface area contributed by atoms with E-state index in [2.05, 4.69) is 5.32 Å². The summed E-state index contributed by atoms with van der Waals surface area (Å²) in [4.78, 5) is 13.8. The van der Waals surface area contributed by atoms with Crippen LogP contribution in [0.3, 0.4) is 0 Å². The van der Waals surface area contributed by atoms with Crippen LogP contribution in [0, 0.1) is 0 Å². The first-order valence-corrected chi connectivity index (χ1v) is 10.2. The minimum atomic E-state index is -3.08. The maximum absolute atomic E-state index is 12.6. The number of benzene rings is 2. The summed E-state index contributed by atoms with van der Waals surface area (Å²) in [6.07, 6.45) is 1.20. The summed E-state index contributed by atoms with van der Waals surface area (Å²) in [5.74, 6) is -0.188. The number of likely N-dealkylation sites (N-methyl/N-ethyl adjacent to an activating group) is 1. The molecule has 0 fully saturated rings. The largest absolute Gasteiger partial charge is 0.340 e. The molecule has 25 heavy (non-hydrogen) atoms. The third kappa shape index (κ3) is 6.32. The summed E-state index contributed by atoms with van der Waals surface area (Å²) in [7, 11) is 1.01. The number of hydrogen-bond donors (Lipinski definition) is 2. The van der Waals surface area contributed by atoms with Crippen LogP contribution in [0.25, 0.3) is 0 Å². The highest BCUT2D eigenvalue weighted by atomic mass is 32.2. The minimum Gasteiger partial charge on any atom is -0.340 e. The molecule has 2 aromatic carbocycles. The number of amides is 1. The van der Waals surface area contributed by atoms with Crippen molar-refractivity contribution in [2.45, 2.75) is 11.8 Å². The van der Waals surface area contributed by atoms with Crippen LogP contribution in [0.15, 0.2) is 54.6 Å². The van der Waals surface area contributed by atoms with E-state index < -0.39 is 9.84 Å². The number of sulfone groups is 1. The molecule has 0 spiro atoms. The molecular formula is C19H25N2O3S+. The highest BCUT2D eigenvalue weighted by Crippen LogP contribution is 2.13. The highest BCUT2D eigenvalue weighted by molar-refractivity contribution is 7.89. The molecule has 2 N–H and O–H groups in total. The number of carbonyl (C=O) groups excluding carboxylic acids is 1. The van der Waals surface area contributed by atoms with Gasteiger partial charge in [0.15, 0.2) is 9.84 Å². The fourth-order valence-electron chi connectivity index (χ4n) is 2.64. The molecule has 0 aliphatic rings. The monoisotopic (exact) mass is 361 g/mol. The summed E-state index contributed by atoms with van der Waals surface area (Å²) in [6.45, 7) is 0.766. The van der Waals surface area contributed by atoms with Crippen LogP contribution >= 0.6 is 0 Å². The van der Waals surface area contributed by atoms with Gasteiger partial charge in [0.05, 0.1) is 19.8 Å². The van der Waals surface area contributed by atoms with Crippen molar-refractivity contribution in [2.75, 3.05) is 26.9 Å². The molecular weight excluding hydrogens is 336 g/mol. The van der Waals surface area contributed by atoms with Crippen LogP contribution in [0.1, 0.15) is 27.5 Å².